The fourth-order valence-corrected chi connectivity index (χ4v) is 2.68. The average molecular weight is 297 g/mol. The first-order valence-corrected chi connectivity index (χ1v) is 8.12. The lowest BCUT2D eigenvalue weighted by Gasteiger charge is -2.30. The lowest BCUT2D eigenvalue weighted by Crippen LogP contribution is -2.32. The van der Waals surface area contributed by atoms with E-state index in [-0.39, 0.29) is 0 Å². The summed E-state index contributed by atoms with van der Waals surface area (Å²) in [6, 6.07) is 7.23. The lowest BCUT2D eigenvalue weighted by atomic mass is 10.1. The lowest BCUT2D eigenvalue weighted by molar-refractivity contribution is 0.624. The van der Waals surface area contributed by atoms with E-state index < -0.39 is 0 Å². The summed E-state index contributed by atoms with van der Waals surface area (Å²) in [4.78, 5) is 2.41. The summed E-state index contributed by atoms with van der Waals surface area (Å²) in [5.41, 5.74) is 2.39. The Morgan fingerprint density at radius 2 is 1.90 bits per heavy atom. The van der Waals surface area contributed by atoms with Crippen LogP contribution in [0.25, 0.3) is 0 Å². The van der Waals surface area contributed by atoms with Crippen molar-refractivity contribution in [3.63, 3.8) is 0 Å². The second-order valence-corrected chi connectivity index (χ2v) is 6.12. The van der Waals surface area contributed by atoms with E-state index in [9.17, 15) is 0 Å². The van der Waals surface area contributed by atoms with Gasteiger partial charge in [-0.1, -0.05) is 37.4 Å². The number of halogens is 1. The van der Waals surface area contributed by atoms with Gasteiger partial charge in [-0.15, -0.1) is 0 Å². The van der Waals surface area contributed by atoms with Gasteiger partial charge in [0.1, 0.15) is 0 Å². The molecule has 0 aliphatic rings. The Bertz CT molecular complexity index is 404. The van der Waals surface area contributed by atoms with Crippen LogP contribution < -0.4 is 10.2 Å². The molecule has 1 aromatic carbocycles. The van der Waals surface area contributed by atoms with Crippen LogP contribution in [0.5, 0.6) is 0 Å². The first kappa shape index (κ1) is 17.3. The molecule has 0 aliphatic heterocycles. The molecule has 2 nitrogen and oxygen atoms in total. The van der Waals surface area contributed by atoms with Crippen LogP contribution in [0.4, 0.5) is 5.69 Å². The number of benzene rings is 1. The third-order valence-electron chi connectivity index (χ3n) is 3.84. The molecule has 1 unspecified atom stereocenters. The summed E-state index contributed by atoms with van der Waals surface area (Å²) in [5, 5.41) is 4.11. The minimum Gasteiger partial charge on any atom is -0.368 e. The third-order valence-corrected chi connectivity index (χ3v) is 4.14. The molecule has 0 heterocycles. The zero-order valence-corrected chi connectivity index (χ0v) is 14.3. The summed E-state index contributed by atoms with van der Waals surface area (Å²) in [7, 11) is 1.97. The molecule has 1 aromatic rings. The third kappa shape index (κ3) is 4.68. The van der Waals surface area contributed by atoms with Crippen LogP contribution in [-0.4, -0.2) is 19.6 Å². The van der Waals surface area contributed by atoms with E-state index in [4.69, 9.17) is 11.6 Å². The smallest absolute Gasteiger partial charge is 0.0642 e. The zero-order chi connectivity index (χ0) is 15.1. The van der Waals surface area contributed by atoms with Gasteiger partial charge in [-0.05, 0) is 51.9 Å². The highest BCUT2D eigenvalue weighted by Gasteiger charge is 2.15. The van der Waals surface area contributed by atoms with Crippen LogP contribution in [0.2, 0.25) is 5.02 Å². The summed E-state index contributed by atoms with van der Waals surface area (Å²) in [6.07, 6.45) is 3.74. The molecule has 1 atom stereocenters. The van der Waals surface area contributed by atoms with Gasteiger partial charge in [0.2, 0.25) is 0 Å². The molecule has 1 N–H and O–H groups in total. The molecule has 114 valence electrons. The van der Waals surface area contributed by atoms with Gasteiger partial charge in [-0.25, -0.2) is 0 Å². The number of hydrogen-bond acceptors (Lipinski definition) is 2. The molecule has 0 aromatic heterocycles. The minimum absolute atomic E-state index is 0.328. The molecule has 0 bridgehead atoms. The first-order chi connectivity index (χ1) is 9.51. The second-order valence-electron chi connectivity index (χ2n) is 5.72. The van der Waals surface area contributed by atoms with Gasteiger partial charge in [0.05, 0.1) is 10.7 Å². The maximum absolute atomic E-state index is 6.51. The van der Waals surface area contributed by atoms with E-state index >= 15 is 0 Å². The van der Waals surface area contributed by atoms with Crippen LogP contribution >= 0.6 is 11.6 Å². The standard InChI is InChI=1S/C17H29ClN2/c1-6-7-8-11-20(13(2)3)17-10-9-15(12-16(17)18)14(4)19-5/h9-10,12-14,19H,6-8,11H2,1-5H3. The van der Waals surface area contributed by atoms with Gasteiger partial charge in [0, 0.05) is 18.6 Å². The van der Waals surface area contributed by atoms with Gasteiger partial charge < -0.3 is 10.2 Å². The Hall–Kier alpha value is -0.730. The Morgan fingerprint density at radius 1 is 1.20 bits per heavy atom. The number of nitrogens with zero attached hydrogens (tertiary/aromatic N) is 1. The Labute approximate surface area is 129 Å². The maximum atomic E-state index is 6.51. The van der Waals surface area contributed by atoms with E-state index in [1.165, 1.54) is 24.8 Å². The zero-order valence-electron chi connectivity index (χ0n) is 13.5. The van der Waals surface area contributed by atoms with Gasteiger partial charge >= 0.3 is 0 Å². The maximum Gasteiger partial charge on any atom is 0.0642 e. The first-order valence-electron chi connectivity index (χ1n) is 7.74. The SMILES string of the molecule is CCCCCN(c1ccc(C(C)NC)cc1Cl)C(C)C. The van der Waals surface area contributed by atoms with E-state index in [0.29, 0.717) is 12.1 Å². The number of rotatable bonds is 8. The molecule has 1 rings (SSSR count). The van der Waals surface area contributed by atoms with Crippen LogP contribution in [0.1, 0.15) is 58.6 Å². The van der Waals surface area contributed by atoms with Gasteiger partial charge in [0.25, 0.3) is 0 Å². The van der Waals surface area contributed by atoms with E-state index in [1.807, 2.05) is 7.05 Å². The van der Waals surface area contributed by atoms with Crippen LogP contribution in [0.3, 0.4) is 0 Å². The monoisotopic (exact) mass is 296 g/mol. The fraction of sp³-hybridized carbons (Fsp3) is 0.647. The highest BCUT2D eigenvalue weighted by molar-refractivity contribution is 6.33. The topological polar surface area (TPSA) is 15.3 Å². The molecule has 0 spiro atoms. The molecule has 3 heteroatoms. The molecule has 0 fully saturated rings. The van der Waals surface area contributed by atoms with Crippen molar-refractivity contribution < 1.29 is 0 Å². The molecule has 0 amide bonds. The molecule has 0 saturated heterocycles. The van der Waals surface area contributed by atoms with Crippen molar-refractivity contribution in [3.05, 3.63) is 28.8 Å². The average Bonchev–Trinajstić information content (AvgIpc) is 2.43. The predicted molar refractivity (Wildman–Crippen MR) is 90.9 cm³/mol. The molecule has 0 saturated carbocycles. The highest BCUT2D eigenvalue weighted by Crippen LogP contribution is 2.30. The van der Waals surface area contributed by atoms with Gasteiger partial charge in [-0.2, -0.15) is 0 Å². The van der Waals surface area contributed by atoms with Crippen LogP contribution in [0, 0.1) is 0 Å². The second kappa shape index (κ2) is 8.53. The number of hydrogen-bond donors (Lipinski definition) is 1. The Kier molecular flexibility index (Phi) is 7.39. The van der Waals surface area contributed by atoms with Crippen molar-refractivity contribution in [1.82, 2.24) is 5.32 Å². The van der Waals surface area contributed by atoms with Gasteiger partial charge in [-0.3, -0.25) is 0 Å². The largest absolute Gasteiger partial charge is 0.368 e. The number of nitrogens with one attached hydrogen (secondary N) is 1. The van der Waals surface area contributed by atoms with Crippen molar-refractivity contribution in [3.8, 4) is 0 Å². The summed E-state index contributed by atoms with van der Waals surface area (Å²) in [6.45, 7) is 9.92. The van der Waals surface area contributed by atoms with E-state index in [1.54, 1.807) is 0 Å². The molecule has 20 heavy (non-hydrogen) atoms. The minimum atomic E-state index is 0.328. The summed E-state index contributed by atoms with van der Waals surface area (Å²) in [5.74, 6) is 0. The van der Waals surface area contributed by atoms with E-state index in [2.05, 4.69) is 56.1 Å². The van der Waals surface area contributed by atoms with Crippen LogP contribution in [-0.2, 0) is 0 Å². The van der Waals surface area contributed by atoms with Gasteiger partial charge in [0.15, 0.2) is 0 Å². The summed E-state index contributed by atoms with van der Waals surface area (Å²) >= 11 is 6.51. The van der Waals surface area contributed by atoms with E-state index in [0.717, 1.165) is 17.3 Å². The summed E-state index contributed by atoms with van der Waals surface area (Å²) < 4.78 is 0. The molecular formula is C17H29ClN2. The van der Waals surface area contributed by atoms with Crippen molar-refractivity contribution in [1.29, 1.82) is 0 Å². The normalized spacial score (nSPS) is 12.8. The Balaban J connectivity index is 2.91. The predicted octanol–water partition coefficient (Wildman–Crippen LogP) is 5.03. The highest BCUT2D eigenvalue weighted by atomic mass is 35.5. The van der Waals surface area contributed by atoms with Crippen molar-refractivity contribution in [2.75, 3.05) is 18.5 Å². The number of anilines is 1. The molecule has 0 radical (unpaired) electrons. The molecular weight excluding hydrogens is 268 g/mol. The Morgan fingerprint density at radius 3 is 2.40 bits per heavy atom. The fourth-order valence-electron chi connectivity index (χ4n) is 2.38. The van der Waals surface area contributed by atoms with Crippen molar-refractivity contribution >= 4 is 17.3 Å². The van der Waals surface area contributed by atoms with Crippen molar-refractivity contribution in [2.45, 2.75) is 59.0 Å². The van der Waals surface area contributed by atoms with Crippen molar-refractivity contribution in [2.24, 2.45) is 0 Å². The molecule has 0 aliphatic carbocycles. The van der Waals surface area contributed by atoms with Crippen LogP contribution in [0.15, 0.2) is 18.2 Å². The number of unbranched alkanes of at least 4 members (excludes halogenated alkanes) is 2. The quantitative estimate of drug-likeness (QED) is 0.677.